The van der Waals surface area contributed by atoms with Crippen LogP contribution in [0.1, 0.15) is 40.5 Å². The van der Waals surface area contributed by atoms with Crippen molar-refractivity contribution in [2.45, 2.75) is 46.3 Å². The van der Waals surface area contributed by atoms with Crippen LogP contribution < -0.4 is 0 Å². The Kier molecular flexibility index (Phi) is 4.03. The van der Waals surface area contributed by atoms with Crippen molar-refractivity contribution in [1.82, 2.24) is 0 Å². The molecule has 1 spiro atoms. The number of rotatable bonds is 2. The highest BCUT2D eigenvalue weighted by Gasteiger charge is 2.46. The molecule has 0 unspecified atom stereocenters. The third-order valence-corrected chi connectivity index (χ3v) is 4.37. The average molecular weight is 261 g/mol. The fourth-order valence-corrected chi connectivity index (χ4v) is 2.96. The minimum Gasteiger partial charge on any atom is -0.344 e. The number of hydrogen-bond acceptors (Lipinski definition) is 2. The molecule has 0 aromatic rings. The molecule has 0 aromatic heterocycles. The maximum atomic E-state index is 5.91. The monoisotopic (exact) mass is 261 g/mol. The maximum absolute atomic E-state index is 5.91. The first-order valence-corrected chi connectivity index (χ1v) is 7.05. The summed E-state index contributed by atoms with van der Waals surface area (Å²) < 4.78 is 11.8. The third-order valence-electron chi connectivity index (χ3n) is 4.37. The highest BCUT2D eigenvalue weighted by Crippen LogP contribution is 2.48. The summed E-state index contributed by atoms with van der Waals surface area (Å²) in [6.45, 7) is 14.0. The fraction of sp³-hybridized carbons (Fsp3) is 0.588. The Balaban J connectivity index is 2.40. The SMILES string of the molecule is [CH2]/C=C(C)/C=C/C1=C(C)C2(CCC1(C)C)OCCO2. The van der Waals surface area contributed by atoms with E-state index in [2.05, 4.69) is 46.8 Å². The molecule has 0 N–H and O–H groups in total. The fourth-order valence-electron chi connectivity index (χ4n) is 2.96. The van der Waals surface area contributed by atoms with E-state index in [0.717, 1.165) is 12.8 Å². The summed E-state index contributed by atoms with van der Waals surface area (Å²) >= 11 is 0. The van der Waals surface area contributed by atoms with E-state index in [1.807, 2.05) is 6.08 Å². The first-order valence-electron chi connectivity index (χ1n) is 7.05. The van der Waals surface area contributed by atoms with E-state index >= 15 is 0 Å². The molecule has 105 valence electrons. The molecule has 2 rings (SSSR count). The Morgan fingerprint density at radius 3 is 2.42 bits per heavy atom. The second kappa shape index (κ2) is 5.26. The van der Waals surface area contributed by atoms with E-state index in [4.69, 9.17) is 9.47 Å². The predicted octanol–water partition coefficient (Wildman–Crippen LogP) is 4.20. The van der Waals surface area contributed by atoms with Crippen molar-refractivity contribution in [2.24, 2.45) is 5.41 Å². The first kappa shape index (κ1) is 14.5. The van der Waals surface area contributed by atoms with Gasteiger partial charge in [0.2, 0.25) is 0 Å². The van der Waals surface area contributed by atoms with E-state index in [1.54, 1.807) is 0 Å². The van der Waals surface area contributed by atoms with Gasteiger partial charge in [0.1, 0.15) is 0 Å². The number of hydrogen-bond donors (Lipinski definition) is 0. The Morgan fingerprint density at radius 1 is 1.21 bits per heavy atom. The lowest BCUT2D eigenvalue weighted by Gasteiger charge is -2.42. The molecule has 1 fully saturated rings. The first-order chi connectivity index (χ1) is 8.91. The van der Waals surface area contributed by atoms with Gasteiger partial charge >= 0.3 is 0 Å². The summed E-state index contributed by atoms with van der Waals surface area (Å²) in [5, 5.41) is 0. The minimum atomic E-state index is -0.461. The van der Waals surface area contributed by atoms with Crippen molar-refractivity contribution in [2.75, 3.05) is 13.2 Å². The zero-order chi connectivity index (χ0) is 14.1. The van der Waals surface area contributed by atoms with Crippen LogP contribution in [0, 0.1) is 12.3 Å². The number of ether oxygens (including phenoxy) is 2. The van der Waals surface area contributed by atoms with E-state index < -0.39 is 5.79 Å². The third kappa shape index (κ3) is 2.70. The van der Waals surface area contributed by atoms with Crippen molar-refractivity contribution >= 4 is 0 Å². The predicted molar refractivity (Wildman–Crippen MR) is 78.6 cm³/mol. The minimum absolute atomic E-state index is 0.169. The van der Waals surface area contributed by atoms with Crippen LogP contribution in [0.4, 0.5) is 0 Å². The molecule has 0 saturated carbocycles. The Labute approximate surface area is 117 Å². The van der Waals surface area contributed by atoms with Gasteiger partial charge in [-0.25, -0.2) is 0 Å². The molecule has 2 nitrogen and oxygen atoms in total. The molecule has 1 aliphatic carbocycles. The molecular weight excluding hydrogens is 236 g/mol. The molecule has 2 aliphatic rings. The van der Waals surface area contributed by atoms with E-state index in [-0.39, 0.29) is 5.41 Å². The number of allylic oxidation sites excluding steroid dienone is 5. The smallest absolute Gasteiger partial charge is 0.191 e. The molecule has 0 atom stereocenters. The zero-order valence-corrected chi connectivity index (χ0v) is 12.6. The van der Waals surface area contributed by atoms with Crippen molar-refractivity contribution in [3.8, 4) is 0 Å². The summed E-state index contributed by atoms with van der Waals surface area (Å²) in [7, 11) is 0. The van der Waals surface area contributed by atoms with Gasteiger partial charge in [0.15, 0.2) is 5.79 Å². The van der Waals surface area contributed by atoms with Crippen LogP contribution in [0.15, 0.2) is 34.9 Å². The highest BCUT2D eigenvalue weighted by atomic mass is 16.7. The van der Waals surface area contributed by atoms with Gasteiger partial charge in [-0.15, -0.1) is 0 Å². The van der Waals surface area contributed by atoms with Crippen LogP contribution in [0.2, 0.25) is 0 Å². The van der Waals surface area contributed by atoms with Crippen molar-refractivity contribution in [1.29, 1.82) is 0 Å². The maximum Gasteiger partial charge on any atom is 0.191 e. The quantitative estimate of drug-likeness (QED) is 0.693. The van der Waals surface area contributed by atoms with Gasteiger partial charge in [-0.2, -0.15) is 0 Å². The van der Waals surface area contributed by atoms with Gasteiger partial charge in [0.25, 0.3) is 0 Å². The van der Waals surface area contributed by atoms with Crippen LogP contribution in [0.25, 0.3) is 0 Å². The molecule has 1 aliphatic heterocycles. The molecule has 2 heteroatoms. The molecular formula is C17H25O2. The second-order valence-electron chi connectivity index (χ2n) is 6.15. The molecule has 1 saturated heterocycles. The summed E-state index contributed by atoms with van der Waals surface area (Å²) in [4.78, 5) is 0. The normalized spacial score (nSPS) is 26.7. The van der Waals surface area contributed by atoms with Crippen LogP contribution in [-0.2, 0) is 9.47 Å². The van der Waals surface area contributed by atoms with Crippen LogP contribution in [0.5, 0.6) is 0 Å². The van der Waals surface area contributed by atoms with Gasteiger partial charge in [-0.1, -0.05) is 37.6 Å². The van der Waals surface area contributed by atoms with Crippen LogP contribution in [0.3, 0.4) is 0 Å². The molecule has 19 heavy (non-hydrogen) atoms. The lowest BCUT2D eigenvalue weighted by atomic mass is 9.70. The van der Waals surface area contributed by atoms with Gasteiger partial charge in [-0.3, -0.25) is 0 Å². The zero-order valence-electron chi connectivity index (χ0n) is 12.6. The van der Waals surface area contributed by atoms with E-state index in [1.165, 1.54) is 16.7 Å². The molecule has 1 heterocycles. The van der Waals surface area contributed by atoms with E-state index in [9.17, 15) is 0 Å². The average Bonchev–Trinajstić information content (AvgIpc) is 2.84. The lowest BCUT2D eigenvalue weighted by Crippen LogP contribution is -2.39. The van der Waals surface area contributed by atoms with Crippen LogP contribution >= 0.6 is 0 Å². The summed E-state index contributed by atoms with van der Waals surface area (Å²) in [6.07, 6.45) is 8.24. The van der Waals surface area contributed by atoms with Crippen LogP contribution in [-0.4, -0.2) is 19.0 Å². The molecule has 1 radical (unpaired) electrons. The largest absolute Gasteiger partial charge is 0.344 e. The van der Waals surface area contributed by atoms with Crippen molar-refractivity contribution in [3.63, 3.8) is 0 Å². The highest BCUT2D eigenvalue weighted by molar-refractivity contribution is 5.39. The van der Waals surface area contributed by atoms with Gasteiger partial charge in [0, 0.05) is 6.42 Å². The summed E-state index contributed by atoms with van der Waals surface area (Å²) in [5.41, 5.74) is 3.91. The molecule has 0 amide bonds. The van der Waals surface area contributed by atoms with Crippen molar-refractivity contribution in [3.05, 3.63) is 41.9 Å². The van der Waals surface area contributed by atoms with Gasteiger partial charge < -0.3 is 9.47 Å². The Morgan fingerprint density at radius 2 is 1.84 bits per heavy atom. The summed E-state index contributed by atoms with van der Waals surface area (Å²) in [6, 6.07) is 0. The van der Waals surface area contributed by atoms with Crippen molar-refractivity contribution < 1.29 is 9.47 Å². The Bertz CT molecular complexity index is 432. The van der Waals surface area contributed by atoms with Gasteiger partial charge in [-0.05, 0) is 43.8 Å². The standard InChI is InChI=1S/C17H25O2/c1-6-13(2)7-8-15-14(3)17(18-11-12-19-17)10-9-16(15,4)5/h6-8H,1,9-12H2,2-5H3/b8-7+,13-6+. The Hall–Kier alpha value is -0.860. The van der Waals surface area contributed by atoms with E-state index in [0.29, 0.717) is 13.2 Å². The molecule has 0 bridgehead atoms. The molecule has 0 aromatic carbocycles. The summed E-state index contributed by atoms with van der Waals surface area (Å²) in [5.74, 6) is -0.461. The second-order valence-corrected chi connectivity index (χ2v) is 6.15. The topological polar surface area (TPSA) is 18.5 Å². The van der Waals surface area contributed by atoms with Gasteiger partial charge in [0.05, 0.1) is 13.2 Å². The lowest BCUT2D eigenvalue weighted by molar-refractivity contribution is -0.141.